The second-order valence-electron chi connectivity index (χ2n) is 3.77. The SMILES string of the molecule is Cc1cccc(CSc2ccc(C#N)nc2)c1. The van der Waals surface area contributed by atoms with Crippen LogP contribution in [0.2, 0.25) is 0 Å². The number of hydrogen-bond acceptors (Lipinski definition) is 3. The van der Waals surface area contributed by atoms with Crippen LogP contribution >= 0.6 is 11.8 Å². The minimum Gasteiger partial charge on any atom is -0.244 e. The van der Waals surface area contributed by atoms with Gasteiger partial charge in [0.1, 0.15) is 11.8 Å². The van der Waals surface area contributed by atoms with Gasteiger partial charge in [-0.25, -0.2) is 4.98 Å². The molecule has 1 aromatic heterocycles. The van der Waals surface area contributed by atoms with Gasteiger partial charge in [-0.3, -0.25) is 0 Å². The molecule has 1 heterocycles. The highest BCUT2D eigenvalue weighted by atomic mass is 32.2. The lowest BCUT2D eigenvalue weighted by molar-refractivity contribution is 1.19. The van der Waals surface area contributed by atoms with Crippen LogP contribution in [-0.2, 0) is 5.75 Å². The van der Waals surface area contributed by atoms with Crippen LogP contribution in [0.4, 0.5) is 0 Å². The van der Waals surface area contributed by atoms with Crippen molar-refractivity contribution in [2.24, 2.45) is 0 Å². The molecule has 0 radical (unpaired) electrons. The molecule has 17 heavy (non-hydrogen) atoms. The van der Waals surface area contributed by atoms with Crippen LogP contribution in [0, 0.1) is 18.3 Å². The lowest BCUT2D eigenvalue weighted by atomic mass is 10.2. The average Bonchev–Trinajstić information content (AvgIpc) is 2.37. The molecule has 3 heteroatoms. The van der Waals surface area contributed by atoms with Gasteiger partial charge in [-0.15, -0.1) is 11.8 Å². The maximum Gasteiger partial charge on any atom is 0.140 e. The fraction of sp³-hybridized carbons (Fsp3) is 0.143. The van der Waals surface area contributed by atoms with Gasteiger partial charge in [0, 0.05) is 16.8 Å². The van der Waals surface area contributed by atoms with Crippen molar-refractivity contribution >= 4 is 11.8 Å². The Labute approximate surface area is 105 Å². The first-order valence-corrected chi connectivity index (χ1v) is 6.31. The summed E-state index contributed by atoms with van der Waals surface area (Å²) in [5, 5.41) is 8.65. The predicted molar refractivity (Wildman–Crippen MR) is 69.7 cm³/mol. The van der Waals surface area contributed by atoms with E-state index in [4.69, 9.17) is 5.26 Å². The Morgan fingerprint density at radius 1 is 1.29 bits per heavy atom. The lowest BCUT2D eigenvalue weighted by Gasteiger charge is -2.02. The summed E-state index contributed by atoms with van der Waals surface area (Å²) < 4.78 is 0. The summed E-state index contributed by atoms with van der Waals surface area (Å²) in [6.45, 7) is 2.09. The van der Waals surface area contributed by atoms with Gasteiger partial charge in [0.05, 0.1) is 0 Å². The minimum absolute atomic E-state index is 0.463. The molecule has 0 aliphatic heterocycles. The Morgan fingerprint density at radius 2 is 2.18 bits per heavy atom. The minimum atomic E-state index is 0.463. The summed E-state index contributed by atoms with van der Waals surface area (Å²) in [7, 11) is 0. The topological polar surface area (TPSA) is 36.7 Å². The zero-order valence-electron chi connectivity index (χ0n) is 9.55. The molecule has 0 N–H and O–H groups in total. The zero-order valence-corrected chi connectivity index (χ0v) is 10.4. The molecule has 0 spiro atoms. The van der Waals surface area contributed by atoms with Gasteiger partial charge in [-0.2, -0.15) is 5.26 Å². The Hall–Kier alpha value is -1.79. The third-order valence-electron chi connectivity index (χ3n) is 2.34. The molecule has 2 rings (SSSR count). The number of aromatic nitrogens is 1. The van der Waals surface area contributed by atoms with E-state index >= 15 is 0 Å². The molecule has 2 aromatic rings. The van der Waals surface area contributed by atoms with E-state index in [9.17, 15) is 0 Å². The summed E-state index contributed by atoms with van der Waals surface area (Å²) in [5.41, 5.74) is 3.05. The van der Waals surface area contributed by atoms with Gasteiger partial charge in [0.25, 0.3) is 0 Å². The molecule has 0 aliphatic carbocycles. The number of thioether (sulfide) groups is 1. The van der Waals surface area contributed by atoms with Gasteiger partial charge < -0.3 is 0 Å². The number of aryl methyl sites for hydroxylation is 1. The van der Waals surface area contributed by atoms with E-state index in [1.807, 2.05) is 12.1 Å². The van der Waals surface area contributed by atoms with Crippen molar-refractivity contribution in [3.8, 4) is 6.07 Å². The molecule has 0 atom stereocenters. The van der Waals surface area contributed by atoms with Crippen molar-refractivity contribution in [3.63, 3.8) is 0 Å². The summed E-state index contributed by atoms with van der Waals surface area (Å²) in [6, 6.07) is 14.2. The summed E-state index contributed by atoms with van der Waals surface area (Å²) in [4.78, 5) is 5.13. The van der Waals surface area contributed by atoms with Gasteiger partial charge in [-0.05, 0) is 24.6 Å². The van der Waals surface area contributed by atoms with E-state index in [-0.39, 0.29) is 0 Å². The molecule has 0 amide bonds. The van der Waals surface area contributed by atoms with Crippen LogP contribution < -0.4 is 0 Å². The number of hydrogen-bond donors (Lipinski definition) is 0. The first-order valence-electron chi connectivity index (χ1n) is 5.32. The van der Waals surface area contributed by atoms with Crippen LogP contribution in [0.15, 0.2) is 47.5 Å². The van der Waals surface area contributed by atoms with Gasteiger partial charge in [-0.1, -0.05) is 29.8 Å². The van der Waals surface area contributed by atoms with E-state index < -0.39 is 0 Å². The van der Waals surface area contributed by atoms with Gasteiger partial charge in [0.2, 0.25) is 0 Å². The van der Waals surface area contributed by atoms with Gasteiger partial charge >= 0.3 is 0 Å². The quantitative estimate of drug-likeness (QED) is 0.770. The Morgan fingerprint density at radius 3 is 2.82 bits per heavy atom. The zero-order chi connectivity index (χ0) is 12.1. The van der Waals surface area contributed by atoms with Crippen LogP contribution in [0.1, 0.15) is 16.8 Å². The fourth-order valence-electron chi connectivity index (χ4n) is 1.50. The molecule has 0 bridgehead atoms. The number of nitrogens with zero attached hydrogens (tertiary/aromatic N) is 2. The smallest absolute Gasteiger partial charge is 0.140 e. The normalized spacial score (nSPS) is 9.88. The number of nitriles is 1. The highest BCUT2D eigenvalue weighted by Crippen LogP contribution is 2.22. The van der Waals surface area contributed by atoms with Crippen molar-refractivity contribution in [2.45, 2.75) is 17.6 Å². The molecule has 0 unspecified atom stereocenters. The van der Waals surface area contributed by atoms with Crippen molar-refractivity contribution < 1.29 is 0 Å². The first-order chi connectivity index (χ1) is 8.28. The van der Waals surface area contributed by atoms with Crippen LogP contribution in [0.5, 0.6) is 0 Å². The van der Waals surface area contributed by atoms with Crippen molar-refractivity contribution in [1.29, 1.82) is 5.26 Å². The second-order valence-corrected chi connectivity index (χ2v) is 4.82. The molecule has 2 nitrogen and oxygen atoms in total. The van der Waals surface area contributed by atoms with Crippen LogP contribution in [0.3, 0.4) is 0 Å². The van der Waals surface area contributed by atoms with E-state index in [0.717, 1.165) is 10.6 Å². The molecule has 0 aliphatic rings. The van der Waals surface area contributed by atoms with Crippen molar-refractivity contribution in [2.75, 3.05) is 0 Å². The number of rotatable bonds is 3. The fourth-order valence-corrected chi connectivity index (χ4v) is 2.30. The third-order valence-corrected chi connectivity index (χ3v) is 3.39. The van der Waals surface area contributed by atoms with E-state index in [2.05, 4.69) is 36.2 Å². The Bertz CT molecular complexity index is 541. The molecule has 0 saturated carbocycles. The molecule has 0 fully saturated rings. The average molecular weight is 240 g/mol. The second kappa shape index (κ2) is 5.51. The summed E-state index contributed by atoms with van der Waals surface area (Å²) in [6.07, 6.45) is 1.75. The summed E-state index contributed by atoms with van der Waals surface area (Å²) >= 11 is 1.73. The summed E-state index contributed by atoms with van der Waals surface area (Å²) in [5.74, 6) is 0.926. The number of benzene rings is 1. The molecule has 0 saturated heterocycles. The van der Waals surface area contributed by atoms with E-state index in [0.29, 0.717) is 5.69 Å². The maximum absolute atomic E-state index is 8.65. The van der Waals surface area contributed by atoms with Gasteiger partial charge in [0.15, 0.2) is 0 Å². The van der Waals surface area contributed by atoms with E-state index in [1.54, 1.807) is 24.0 Å². The lowest BCUT2D eigenvalue weighted by Crippen LogP contribution is -1.84. The van der Waals surface area contributed by atoms with Crippen molar-refractivity contribution in [1.82, 2.24) is 4.98 Å². The Balaban J connectivity index is 2.00. The first kappa shape index (κ1) is 11.7. The molecule has 1 aromatic carbocycles. The maximum atomic E-state index is 8.65. The van der Waals surface area contributed by atoms with E-state index in [1.165, 1.54) is 11.1 Å². The predicted octanol–water partition coefficient (Wildman–Crippen LogP) is 3.55. The highest BCUT2D eigenvalue weighted by Gasteiger charge is 1.98. The number of pyridine rings is 1. The largest absolute Gasteiger partial charge is 0.244 e. The van der Waals surface area contributed by atoms with Crippen LogP contribution in [-0.4, -0.2) is 4.98 Å². The Kier molecular flexibility index (Phi) is 3.79. The molecule has 84 valence electrons. The monoisotopic (exact) mass is 240 g/mol. The molecular weight excluding hydrogens is 228 g/mol. The van der Waals surface area contributed by atoms with Crippen LogP contribution in [0.25, 0.3) is 0 Å². The third kappa shape index (κ3) is 3.33. The highest BCUT2D eigenvalue weighted by molar-refractivity contribution is 7.98. The molecular formula is C14H12N2S. The van der Waals surface area contributed by atoms with Crippen molar-refractivity contribution in [3.05, 3.63) is 59.4 Å². The standard InChI is InChI=1S/C14H12N2S/c1-11-3-2-4-12(7-11)10-17-14-6-5-13(8-15)16-9-14/h2-7,9H,10H2,1H3.